The average molecular weight is 541 g/mol. The van der Waals surface area contributed by atoms with Crippen LogP contribution in [0.25, 0.3) is 11.1 Å². The number of primary amides is 1. The van der Waals surface area contributed by atoms with Gasteiger partial charge < -0.3 is 10.2 Å². The number of aryl methyl sites for hydroxylation is 1. The first-order chi connectivity index (χ1) is 16.7. The monoisotopic (exact) mass is 540 g/mol. The molecule has 0 saturated carbocycles. The van der Waals surface area contributed by atoms with Gasteiger partial charge in [0.1, 0.15) is 17.4 Å². The lowest BCUT2D eigenvalue weighted by Crippen LogP contribution is -2.29. The zero-order chi connectivity index (χ0) is 26.8. The molecule has 3 rings (SSSR count). The van der Waals surface area contributed by atoms with Crippen molar-refractivity contribution in [3.05, 3.63) is 58.6 Å². The quantitative estimate of drug-likeness (QED) is 0.389. The van der Waals surface area contributed by atoms with Gasteiger partial charge in [0.15, 0.2) is 0 Å². The van der Waals surface area contributed by atoms with Crippen molar-refractivity contribution in [2.24, 2.45) is 5.73 Å². The van der Waals surface area contributed by atoms with Gasteiger partial charge in [0.05, 0.1) is 23.5 Å². The standard InChI is InChI=1S/C22H25FN4O7S2/c1-27(36(3,32)33)21-14(5-4-6-18(28)26-35(2,30)31)12-16-19(20(24)29)17(34-22(16)25-21)11-13-7-9-15(23)10-8-13/h7-10,12H,4-6,11H2,1-3H3,(H2,24,29)(H,26,28). The molecular formula is C22H25FN4O7S2. The smallest absolute Gasteiger partial charge is 0.252 e. The molecule has 2 aromatic heterocycles. The van der Waals surface area contributed by atoms with Crippen LogP contribution in [0.1, 0.15) is 40.1 Å². The molecule has 0 aliphatic heterocycles. The van der Waals surface area contributed by atoms with Crippen LogP contribution in [-0.2, 0) is 37.7 Å². The lowest BCUT2D eigenvalue weighted by molar-refractivity contribution is -0.119. The molecule has 0 atom stereocenters. The van der Waals surface area contributed by atoms with Crippen molar-refractivity contribution >= 4 is 48.8 Å². The second-order valence-electron chi connectivity index (χ2n) is 8.27. The summed E-state index contributed by atoms with van der Waals surface area (Å²) in [5.74, 6) is -1.74. The molecule has 0 unspecified atom stereocenters. The van der Waals surface area contributed by atoms with Gasteiger partial charge >= 0.3 is 0 Å². The van der Waals surface area contributed by atoms with E-state index in [1.54, 1.807) is 0 Å². The van der Waals surface area contributed by atoms with Gasteiger partial charge in [0.2, 0.25) is 31.7 Å². The number of hydrogen-bond donors (Lipinski definition) is 2. The van der Waals surface area contributed by atoms with E-state index in [4.69, 9.17) is 10.2 Å². The first-order valence-corrected chi connectivity index (χ1v) is 14.3. The van der Waals surface area contributed by atoms with Gasteiger partial charge in [-0.3, -0.25) is 18.6 Å². The second-order valence-corrected chi connectivity index (χ2v) is 12.0. The van der Waals surface area contributed by atoms with Crippen molar-refractivity contribution in [2.75, 3.05) is 23.9 Å². The van der Waals surface area contributed by atoms with Crippen LogP contribution in [0.5, 0.6) is 0 Å². The Morgan fingerprint density at radius 2 is 1.78 bits per heavy atom. The molecule has 2 amide bonds. The van der Waals surface area contributed by atoms with Crippen molar-refractivity contribution < 1.29 is 35.2 Å². The minimum atomic E-state index is -3.74. The molecule has 2 heterocycles. The SMILES string of the molecule is CN(c1nc2oc(Cc3ccc(F)cc3)c(C(N)=O)c2cc1CCCC(=O)NS(C)(=O)=O)S(C)(=O)=O. The minimum Gasteiger partial charge on any atom is -0.441 e. The Labute approximate surface area is 207 Å². The number of fused-ring (bicyclic) bond motifs is 1. The van der Waals surface area contributed by atoms with Gasteiger partial charge in [-0.15, -0.1) is 0 Å². The van der Waals surface area contributed by atoms with Crippen LogP contribution < -0.4 is 14.8 Å². The number of anilines is 1. The van der Waals surface area contributed by atoms with E-state index in [0.717, 1.165) is 16.8 Å². The van der Waals surface area contributed by atoms with Crippen molar-refractivity contribution in [1.29, 1.82) is 0 Å². The highest BCUT2D eigenvalue weighted by molar-refractivity contribution is 7.92. The first-order valence-electron chi connectivity index (χ1n) is 10.6. The molecule has 3 aromatic rings. The molecule has 11 nitrogen and oxygen atoms in total. The molecule has 3 N–H and O–H groups in total. The Morgan fingerprint density at radius 3 is 2.33 bits per heavy atom. The number of hydrogen-bond acceptors (Lipinski definition) is 8. The highest BCUT2D eigenvalue weighted by Crippen LogP contribution is 2.32. The molecule has 36 heavy (non-hydrogen) atoms. The summed E-state index contributed by atoms with van der Waals surface area (Å²) in [6.07, 6.45) is 2.08. The highest BCUT2D eigenvalue weighted by Gasteiger charge is 2.25. The number of halogens is 1. The van der Waals surface area contributed by atoms with E-state index in [-0.39, 0.29) is 53.9 Å². The van der Waals surface area contributed by atoms with Crippen LogP contribution in [0.15, 0.2) is 34.7 Å². The number of carbonyl (C=O) groups excluding carboxylic acids is 2. The van der Waals surface area contributed by atoms with E-state index in [9.17, 15) is 30.8 Å². The average Bonchev–Trinajstić information content (AvgIpc) is 3.09. The van der Waals surface area contributed by atoms with Crippen molar-refractivity contribution in [1.82, 2.24) is 9.71 Å². The lowest BCUT2D eigenvalue weighted by atomic mass is 10.0. The fourth-order valence-electron chi connectivity index (χ4n) is 3.60. The zero-order valence-electron chi connectivity index (χ0n) is 19.7. The fraction of sp³-hybridized carbons (Fsp3) is 0.318. The maximum Gasteiger partial charge on any atom is 0.252 e. The van der Waals surface area contributed by atoms with Gasteiger partial charge in [-0.2, -0.15) is 4.98 Å². The number of nitrogens with one attached hydrogen (secondary N) is 1. The van der Waals surface area contributed by atoms with Crippen LogP contribution in [0, 0.1) is 5.82 Å². The molecule has 0 spiro atoms. The summed E-state index contributed by atoms with van der Waals surface area (Å²) in [4.78, 5) is 28.5. The second kappa shape index (κ2) is 10.2. The van der Waals surface area contributed by atoms with E-state index < -0.39 is 37.7 Å². The molecule has 0 radical (unpaired) electrons. The van der Waals surface area contributed by atoms with Gasteiger partial charge in [0, 0.05) is 19.9 Å². The molecule has 0 saturated heterocycles. The molecule has 194 valence electrons. The Morgan fingerprint density at radius 1 is 1.14 bits per heavy atom. The third-order valence-corrected chi connectivity index (χ3v) is 7.05. The van der Waals surface area contributed by atoms with E-state index >= 15 is 0 Å². The summed E-state index contributed by atoms with van der Waals surface area (Å²) in [6, 6.07) is 7.09. The van der Waals surface area contributed by atoms with Crippen molar-refractivity contribution in [3.63, 3.8) is 0 Å². The fourth-order valence-corrected chi connectivity index (χ4v) is 4.58. The molecule has 0 fully saturated rings. The summed E-state index contributed by atoms with van der Waals surface area (Å²) >= 11 is 0. The van der Waals surface area contributed by atoms with Crippen LogP contribution in [0.3, 0.4) is 0 Å². The van der Waals surface area contributed by atoms with E-state index in [1.807, 2.05) is 4.72 Å². The summed E-state index contributed by atoms with van der Waals surface area (Å²) in [5.41, 5.74) is 6.66. The number of nitrogens with zero attached hydrogens (tertiary/aromatic N) is 2. The maximum absolute atomic E-state index is 13.3. The minimum absolute atomic E-state index is 0.0200. The maximum atomic E-state index is 13.3. The van der Waals surface area contributed by atoms with Crippen molar-refractivity contribution in [2.45, 2.75) is 25.7 Å². The van der Waals surface area contributed by atoms with Crippen LogP contribution in [-0.4, -0.2) is 53.2 Å². The molecule has 0 aliphatic carbocycles. The van der Waals surface area contributed by atoms with Crippen LogP contribution in [0.4, 0.5) is 10.2 Å². The lowest BCUT2D eigenvalue weighted by Gasteiger charge is -2.19. The van der Waals surface area contributed by atoms with E-state index in [2.05, 4.69) is 4.98 Å². The first kappa shape index (κ1) is 27.1. The molecule has 0 bridgehead atoms. The van der Waals surface area contributed by atoms with Crippen LogP contribution >= 0.6 is 0 Å². The number of furan rings is 1. The normalized spacial score (nSPS) is 12.0. The Balaban J connectivity index is 2.05. The number of nitrogens with two attached hydrogens (primary N) is 1. The Kier molecular flexibility index (Phi) is 7.69. The Bertz CT molecular complexity index is 1530. The predicted molar refractivity (Wildman–Crippen MR) is 131 cm³/mol. The number of pyridine rings is 1. The van der Waals surface area contributed by atoms with Crippen molar-refractivity contribution in [3.8, 4) is 0 Å². The van der Waals surface area contributed by atoms with Gasteiger partial charge in [0.25, 0.3) is 5.91 Å². The summed E-state index contributed by atoms with van der Waals surface area (Å²) in [5, 5.41) is 0.251. The third kappa shape index (κ3) is 6.57. The number of carbonyl (C=O) groups is 2. The van der Waals surface area contributed by atoms with Crippen LogP contribution in [0.2, 0.25) is 0 Å². The molecular weight excluding hydrogens is 515 g/mol. The Hall–Kier alpha value is -3.52. The third-order valence-electron chi connectivity index (χ3n) is 5.28. The summed E-state index contributed by atoms with van der Waals surface area (Å²) in [7, 11) is -6.16. The number of rotatable bonds is 10. The van der Waals surface area contributed by atoms with E-state index in [0.29, 0.717) is 11.1 Å². The summed E-state index contributed by atoms with van der Waals surface area (Å²) in [6.45, 7) is 0. The predicted octanol–water partition coefficient (Wildman–Crippen LogP) is 1.45. The largest absolute Gasteiger partial charge is 0.441 e. The van der Waals surface area contributed by atoms with Gasteiger partial charge in [-0.1, -0.05) is 12.1 Å². The molecule has 1 aromatic carbocycles. The molecule has 14 heteroatoms. The molecule has 0 aliphatic rings. The number of aromatic nitrogens is 1. The highest BCUT2D eigenvalue weighted by atomic mass is 32.2. The topological polar surface area (TPSA) is 170 Å². The zero-order valence-corrected chi connectivity index (χ0v) is 21.4. The van der Waals surface area contributed by atoms with E-state index in [1.165, 1.54) is 37.4 Å². The summed E-state index contributed by atoms with van der Waals surface area (Å²) < 4.78 is 68.8. The van der Waals surface area contributed by atoms with Gasteiger partial charge in [-0.05, 0) is 42.2 Å². The number of benzene rings is 1. The number of sulfonamides is 2. The number of amides is 2. The van der Waals surface area contributed by atoms with Gasteiger partial charge in [-0.25, -0.2) is 21.2 Å².